The van der Waals surface area contributed by atoms with E-state index in [4.69, 9.17) is 4.74 Å². The number of piperidine rings is 1. The Kier molecular flexibility index (Phi) is 6.03. The Balaban J connectivity index is 2.06. The SMILES string of the molecule is CC(C)(C)OC(=O)N[C@@H]1CCCN(C(=O)c2cc(Br)cc(F)c2F)C1. The lowest BCUT2D eigenvalue weighted by molar-refractivity contribution is 0.0451. The molecule has 1 aliphatic rings. The minimum atomic E-state index is -1.17. The Labute approximate surface area is 153 Å². The molecular weight excluding hydrogens is 398 g/mol. The summed E-state index contributed by atoms with van der Waals surface area (Å²) in [6.07, 6.45) is 0.759. The van der Waals surface area contributed by atoms with E-state index in [0.717, 1.165) is 6.07 Å². The third-order valence-electron chi connectivity index (χ3n) is 3.65. The minimum absolute atomic E-state index is 0.214. The van der Waals surface area contributed by atoms with Crippen LogP contribution in [0.1, 0.15) is 44.0 Å². The summed E-state index contributed by atoms with van der Waals surface area (Å²) in [7, 11) is 0. The van der Waals surface area contributed by atoms with E-state index in [1.54, 1.807) is 20.8 Å². The van der Waals surface area contributed by atoms with Crippen molar-refractivity contribution >= 4 is 27.9 Å². The van der Waals surface area contributed by atoms with Crippen LogP contribution in [0.4, 0.5) is 13.6 Å². The van der Waals surface area contributed by atoms with E-state index in [9.17, 15) is 18.4 Å². The monoisotopic (exact) mass is 418 g/mol. The molecule has 1 heterocycles. The molecule has 8 heteroatoms. The molecule has 1 aliphatic heterocycles. The van der Waals surface area contributed by atoms with E-state index in [1.807, 2.05) is 0 Å². The number of halogens is 3. The number of hydrogen-bond acceptors (Lipinski definition) is 3. The van der Waals surface area contributed by atoms with Crippen molar-refractivity contribution in [1.29, 1.82) is 0 Å². The first-order valence-electron chi connectivity index (χ1n) is 8.00. The van der Waals surface area contributed by atoms with E-state index in [-0.39, 0.29) is 22.6 Å². The van der Waals surface area contributed by atoms with Crippen molar-refractivity contribution in [2.75, 3.05) is 13.1 Å². The summed E-state index contributed by atoms with van der Waals surface area (Å²) >= 11 is 3.06. The molecule has 1 N–H and O–H groups in total. The molecule has 0 bridgehead atoms. The number of rotatable bonds is 2. The van der Waals surface area contributed by atoms with Crippen LogP contribution in [0, 0.1) is 11.6 Å². The second-order valence-electron chi connectivity index (χ2n) is 6.99. The smallest absolute Gasteiger partial charge is 0.407 e. The highest BCUT2D eigenvalue weighted by Crippen LogP contribution is 2.22. The van der Waals surface area contributed by atoms with Gasteiger partial charge >= 0.3 is 6.09 Å². The number of nitrogens with one attached hydrogen (secondary N) is 1. The molecule has 2 rings (SSSR count). The van der Waals surface area contributed by atoms with Crippen LogP contribution in [0.2, 0.25) is 0 Å². The van der Waals surface area contributed by atoms with Crippen molar-refractivity contribution in [3.8, 4) is 0 Å². The molecule has 0 aromatic heterocycles. The van der Waals surface area contributed by atoms with Gasteiger partial charge in [0.25, 0.3) is 5.91 Å². The summed E-state index contributed by atoms with van der Waals surface area (Å²) in [6.45, 7) is 5.90. The number of carbonyl (C=O) groups excluding carboxylic acids is 2. The molecule has 1 saturated heterocycles. The van der Waals surface area contributed by atoms with E-state index in [0.29, 0.717) is 19.4 Å². The summed E-state index contributed by atoms with van der Waals surface area (Å²) in [5.41, 5.74) is -0.949. The summed E-state index contributed by atoms with van der Waals surface area (Å²) in [5.74, 6) is -2.86. The molecule has 138 valence electrons. The lowest BCUT2D eigenvalue weighted by Gasteiger charge is -2.33. The van der Waals surface area contributed by atoms with Crippen molar-refractivity contribution in [2.45, 2.75) is 45.3 Å². The van der Waals surface area contributed by atoms with Gasteiger partial charge in [0.05, 0.1) is 5.56 Å². The fourth-order valence-electron chi connectivity index (χ4n) is 2.64. The highest BCUT2D eigenvalue weighted by Gasteiger charge is 2.29. The molecule has 0 radical (unpaired) electrons. The second kappa shape index (κ2) is 7.68. The molecule has 0 spiro atoms. The zero-order valence-electron chi connectivity index (χ0n) is 14.4. The van der Waals surface area contributed by atoms with Crippen LogP contribution in [0.3, 0.4) is 0 Å². The van der Waals surface area contributed by atoms with Crippen molar-refractivity contribution in [3.63, 3.8) is 0 Å². The molecule has 1 aromatic carbocycles. The van der Waals surface area contributed by atoms with Crippen LogP contribution >= 0.6 is 15.9 Å². The number of nitrogens with zero attached hydrogens (tertiary/aromatic N) is 1. The normalized spacial score (nSPS) is 18.0. The number of carbonyl (C=O) groups is 2. The minimum Gasteiger partial charge on any atom is -0.444 e. The van der Waals surface area contributed by atoms with Crippen LogP contribution in [0.15, 0.2) is 16.6 Å². The molecule has 0 saturated carbocycles. The summed E-state index contributed by atoms with van der Waals surface area (Å²) in [4.78, 5) is 25.8. The fourth-order valence-corrected chi connectivity index (χ4v) is 3.07. The highest BCUT2D eigenvalue weighted by molar-refractivity contribution is 9.10. The van der Waals surface area contributed by atoms with Gasteiger partial charge in [0.1, 0.15) is 5.60 Å². The molecule has 0 aliphatic carbocycles. The predicted octanol–water partition coefficient (Wildman–Crippen LogP) is 3.86. The topological polar surface area (TPSA) is 58.6 Å². The van der Waals surface area contributed by atoms with Gasteiger partial charge in [-0.25, -0.2) is 13.6 Å². The Bertz CT molecular complexity index is 677. The maximum Gasteiger partial charge on any atom is 0.407 e. The maximum absolute atomic E-state index is 13.9. The highest BCUT2D eigenvalue weighted by atomic mass is 79.9. The molecule has 1 aromatic rings. The average molecular weight is 419 g/mol. The summed E-state index contributed by atoms with van der Waals surface area (Å²) < 4.78 is 33.0. The van der Waals surface area contributed by atoms with Crippen LogP contribution < -0.4 is 5.32 Å². The van der Waals surface area contributed by atoms with Gasteiger partial charge in [-0.2, -0.15) is 0 Å². The third-order valence-corrected chi connectivity index (χ3v) is 4.11. The average Bonchev–Trinajstić information content (AvgIpc) is 2.48. The van der Waals surface area contributed by atoms with Gasteiger partial charge in [-0.1, -0.05) is 15.9 Å². The van der Waals surface area contributed by atoms with Crippen molar-refractivity contribution in [1.82, 2.24) is 10.2 Å². The Morgan fingerprint density at radius 2 is 2.00 bits per heavy atom. The summed E-state index contributed by atoms with van der Waals surface area (Å²) in [6, 6.07) is 1.92. The fraction of sp³-hybridized carbons (Fsp3) is 0.529. The van der Waals surface area contributed by atoms with Crippen molar-refractivity contribution in [2.24, 2.45) is 0 Å². The Morgan fingerprint density at radius 3 is 2.64 bits per heavy atom. The van der Waals surface area contributed by atoms with Crippen molar-refractivity contribution in [3.05, 3.63) is 33.8 Å². The zero-order valence-corrected chi connectivity index (χ0v) is 16.0. The third kappa shape index (κ3) is 5.39. The Morgan fingerprint density at radius 1 is 1.32 bits per heavy atom. The first-order chi connectivity index (χ1) is 11.6. The number of alkyl carbamates (subject to hydrolysis) is 1. The molecule has 5 nitrogen and oxygen atoms in total. The van der Waals surface area contributed by atoms with Crippen LogP contribution in [-0.4, -0.2) is 41.6 Å². The van der Waals surface area contributed by atoms with Gasteiger partial charge in [0, 0.05) is 23.6 Å². The Hall–Kier alpha value is -1.70. The number of likely N-dealkylation sites (tertiary alicyclic amines) is 1. The first-order valence-corrected chi connectivity index (χ1v) is 8.79. The van der Waals surface area contributed by atoms with Crippen LogP contribution in [-0.2, 0) is 4.74 Å². The molecule has 1 atom stereocenters. The lowest BCUT2D eigenvalue weighted by atomic mass is 10.0. The second-order valence-corrected chi connectivity index (χ2v) is 7.90. The number of benzene rings is 1. The molecular formula is C17H21BrF2N2O3. The van der Waals surface area contributed by atoms with Gasteiger partial charge < -0.3 is 15.0 Å². The predicted molar refractivity (Wildman–Crippen MR) is 92.4 cm³/mol. The molecule has 2 amide bonds. The molecule has 25 heavy (non-hydrogen) atoms. The summed E-state index contributed by atoms with van der Waals surface area (Å²) in [5, 5.41) is 2.72. The van der Waals surface area contributed by atoms with E-state index in [2.05, 4.69) is 21.2 Å². The lowest BCUT2D eigenvalue weighted by Crippen LogP contribution is -2.50. The first kappa shape index (κ1) is 19.6. The molecule has 1 fully saturated rings. The van der Waals surface area contributed by atoms with Crippen LogP contribution in [0.25, 0.3) is 0 Å². The standard InChI is InChI=1S/C17H21BrF2N2O3/c1-17(2,3)25-16(24)21-11-5-4-6-22(9-11)15(23)12-7-10(18)8-13(19)14(12)20/h7-8,11H,4-6,9H2,1-3H3,(H,21,24)/t11-/m1/s1. The van der Waals surface area contributed by atoms with Gasteiger partial charge in [0.2, 0.25) is 0 Å². The maximum atomic E-state index is 13.9. The zero-order chi connectivity index (χ0) is 18.8. The quantitative estimate of drug-likeness (QED) is 0.741. The van der Waals surface area contributed by atoms with Crippen LogP contribution in [0.5, 0.6) is 0 Å². The number of hydrogen-bond donors (Lipinski definition) is 1. The van der Waals surface area contributed by atoms with E-state index < -0.39 is 29.2 Å². The van der Waals surface area contributed by atoms with Gasteiger partial charge in [0.15, 0.2) is 11.6 Å². The van der Waals surface area contributed by atoms with Gasteiger partial charge in [-0.05, 0) is 45.7 Å². The molecule has 0 unspecified atom stereocenters. The van der Waals surface area contributed by atoms with Crippen molar-refractivity contribution < 1.29 is 23.1 Å². The number of amides is 2. The van der Waals surface area contributed by atoms with E-state index in [1.165, 1.54) is 11.0 Å². The van der Waals surface area contributed by atoms with Gasteiger partial charge in [-0.3, -0.25) is 4.79 Å². The van der Waals surface area contributed by atoms with Gasteiger partial charge in [-0.15, -0.1) is 0 Å². The largest absolute Gasteiger partial charge is 0.444 e. The number of ether oxygens (including phenoxy) is 1. The van der Waals surface area contributed by atoms with E-state index >= 15 is 0 Å².